The molecule has 60 valence electrons. The van der Waals surface area contributed by atoms with Crippen molar-refractivity contribution < 1.29 is 0 Å². The average Bonchev–Trinajstić information content (AvgIpc) is 2.43. The molecule has 0 radical (unpaired) electrons. The maximum atomic E-state index is 8.72. The van der Waals surface area contributed by atoms with E-state index in [0.29, 0.717) is 5.92 Å². The lowest BCUT2D eigenvalue weighted by Crippen LogP contribution is -2.16. The van der Waals surface area contributed by atoms with E-state index >= 15 is 0 Å². The molecule has 2 heteroatoms. The summed E-state index contributed by atoms with van der Waals surface area (Å²) in [6, 6.07) is 2.39. The standard InChI is InChI=1S/C9H14N2/c1-11-5-8-2-7(4-10)3-9(8)6-11/h7-9H,2-3,5-6H2,1H3. The lowest BCUT2D eigenvalue weighted by molar-refractivity contribution is 0.369. The highest BCUT2D eigenvalue weighted by molar-refractivity contribution is 4.98. The second-order valence-electron chi connectivity index (χ2n) is 4.04. The third-order valence-electron chi connectivity index (χ3n) is 3.12. The SMILES string of the molecule is CN1CC2CC(C#N)CC2C1. The lowest BCUT2D eigenvalue weighted by Gasteiger charge is -2.08. The van der Waals surface area contributed by atoms with Gasteiger partial charge in [-0.1, -0.05) is 0 Å². The van der Waals surface area contributed by atoms with Gasteiger partial charge >= 0.3 is 0 Å². The molecule has 1 aliphatic carbocycles. The van der Waals surface area contributed by atoms with Gasteiger partial charge in [0.15, 0.2) is 0 Å². The Balaban J connectivity index is 2.00. The lowest BCUT2D eigenvalue weighted by atomic mass is 10.0. The van der Waals surface area contributed by atoms with Crippen LogP contribution in [-0.2, 0) is 0 Å². The number of hydrogen-bond donors (Lipinski definition) is 0. The van der Waals surface area contributed by atoms with Gasteiger partial charge in [0.2, 0.25) is 0 Å². The van der Waals surface area contributed by atoms with Crippen LogP contribution in [0, 0.1) is 29.1 Å². The third kappa shape index (κ3) is 1.14. The Labute approximate surface area is 67.8 Å². The molecule has 2 rings (SSSR count). The number of likely N-dealkylation sites (tertiary alicyclic amines) is 1. The van der Waals surface area contributed by atoms with Crippen LogP contribution in [0.25, 0.3) is 0 Å². The molecule has 1 saturated carbocycles. The molecule has 0 aromatic rings. The topological polar surface area (TPSA) is 27.0 Å². The summed E-state index contributed by atoms with van der Waals surface area (Å²) in [5.74, 6) is 2.05. The van der Waals surface area contributed by atoms with Gasteiger partial charge in [0.1, 0.15) is 0 Å². The highest BCUT2D eigenvalue weighted by Gasteiger charge is 2.39. The molecule has 2 nitrogen and oxygen atoms in total. The summed E-state index contributed by atoms with van der Waals surface area (Å²) in [5, 5.41) is 8.72. The van der Waals surface area contributed by atoms with E-state index in [4.69, 9.17) is 5.26 Å². The molecule has 0 aromatic heterocycles. The summed E-state index contributed by atoms with van der Waals surface area (Å²) in [4.78, 5) is 2.39. The quantitative estimate of drug-likeness (QED) is 0.517. The number of fused-ring (bicyclic) bond motifs is 1. The zero-order valence-electron chi connectivity index (χ0n) is 6.95. The number of rotatable bonds is 0. The van der Waals surface area contributed by atoms with Crippen LogP contribution in [0.5, 0.6) is 0 Å². The second kappa shape index (κ2) is 2.49. The Morgan fingerprint density at radius 1 is 1.27 bits per heavy atom. The van der Waals surface area contributed by atoms with Crippen molar-refractivity contribution in [2.24, 2.45) is 17.8 Å². The van der Waals surface area contributed by atoms with Crippen LogP contribution in [-0.4, -0.2) is 25.0 Å². The Kier molecular flexibility index (Phi) is 1.61. The van der Waals surface area contributed by atoms with E-state index in [1.54, 1.807) is 0 Å². The van der Waals surface area contributed by atoms with Gasteiger partial charge in [-0.05, 0) is 31.7 Å². The molecule has 2 atom stereocenters. The first-order valence-electron chi connectivity index (χ1n) is 4.37. The minimum atomic E-state index is 0.374. The van der Waals surface area contributed by atoms with Crippen molar-refractivity contribution in [3.63, 3.8) is 0 Å². The van der Waals surface area contributed by atoms with Crippen LogP contribution in [0.4, 0.5) is 0 Å². The van der Waals surface area contributed by atoms with Crippen molar-refractivity contribution in [1.82, 2.24) is 4.90 Å². The zero-order valence-corrected chi connectivity index (χ0v) is 6.95. The summed E-state index contributed by atoms with van der Waals surface area (Å²) in [6.07, 6.45) is 2.32. The van der Waals surface area contributed by atoms with Crippen LogP contribution < -0.4 is 0 Å². The van der Waals surface area contributed by atoms with E-state index in [2.05, 4.69) is 18.0 Å². The van der Waals surface area contributed by atoms with Gasteiger partial charge in [-0.15, -0.1) is 0 Å². The van der Waals surface area contributed by atoms with Gasteiger partial charge in [0.25, 0.3) is 0 Å². The molecule has 1 aliphatic heterocycles. The van der Waals surface area contributed by atoms with Crippen molar-refractivity contribution in [3.05, 3.63) is 0 Å². The van der Waals surface area contributed by atoms with Crippen molar-refractivity contribution >= 4 is 0 Å². The first kappa shape index (κ1) is 7.12. The van der Waals surface area contributed by atoms with Gasteiger partial charge in [0, 0.05) is 19.0 Å². The van der Waals surface area contributed by atoms with Crippen LogP contribution >= 0.6 is 0 Å². The third-order valence-corrected chi connectivity index (χ3v) is 3.12. The Morgan fingerprint density at radius 3 is 2.27 bits per heavy atom. The van der Waals surface area contributed by atoms with Crippen LogP contribution in [0.3, 0.4) is 0 Å². The van der Waals surface area contributed by atoms with E-state index in [-0.39, 0.29) is 0 Å². The number of hydrogen-bond acceptors (Lipinski definition) is 2. The predicted molar refractivity (Wildman–Crippen MR) is 42.8 cm³/mol. The molecule has 0 amide bonds. The molecule has 0 aromatic carbocycles. The zero-order chi connectivity index (χ0) is 7.84. The maximum absolute atomic E-state index is 8.72. The number of nitrogens with zero attached hydrogens (tertiary/aromatic N) is 2. The van der Waals surface area contributed by atoms with Gasteiger partial charge in [-0.3, -0.25) is 0 Å². The van der Waals surface area contributed by atoms with E-state index < -0.39 is 0 Å². The first-order valence-corrected chi connectivity index (χ1v) is 4.37. The van der Waals surface area contributed by atoms with Gasteiger partial charge in [-0.25, -0.2) is 0 Å². The molecule has 2 fully saturated rings. The fourth-order valence-electron chi connectivity index (χ4n) is 2.64. The number of nitriles is 1. The van der Waals surface area contributed by atoms with Gasteiger partial charge < -0.3 is 4.90 Å². The normalized spacial score (nSPS) is 43.8. The van der Waals surface area contributed by atoms with Crippen LogP contribution in [0.2, 0.25) is 0 Å². The van der Waals surface area contributed by atoms with E-state index in [9.17, 15) is 0 Å². The van der Waals surface area contributed by atoms with E-state index in [1.807, 2.05) is 0 Å². The largest absolute Gasteiger partial charge is 0.306 e. The molecule has 2 aliphatic rings. The van der Waals surface area contributed by atoms with Crippen molar-refractivity contribution in [2.75, 3.05) is 20.1 Å². The van der Waals surface area contributed by atoms with Gasteiger partial charge in [-0.2, -0.15) is 5.26 Å². The summed E-state index contributed by atoms with van der Waals surface area (Å²) in [6.45, 7) is 2.45. The Hall–Kier alpha value is -0.550. The molecular weight excluding hydrogens is 136 g/mol. The van der Waals surface area contributed by atoms with Crippen molar-refractivity contribution in [1.29, 1.82) is 5.26 Å². The summed E-state index contributed by atoms with van der Waals surface area (Å²) < 4.78 is 0. The second-order valence-corrected chi connectivity index (χ2v) is 4.04. The monoisotopic (exact) mass is 150 g/mol. The predicted octanol–water partition coefficient (Wildman–Crippen LogP) is 1.10. The molecule has 11 heavy (non-hydrogen) atoms. The van der Waals surface area contributed by atoms with Crippen LogP contribution in [0.1, 0.15) is 12.8 Å². The molecule has 0 spiro atoms. The summed E-state index contributed by atoms with van der Waals surface area (Å²) in [5.41, 5.74) is 0. The summed E-state index contributed by atoms with van der Waals surface area (Å²) in [7, 11) is 2.18. The van der Waals surface area contributed by atoms with Crippen LogP contribution in [0.15, 0.2) is 0 Å². The fourth-order valence-corrected chi connectivity index (χ4v) is 2.64. The van der Waals surface area contributed by atoms with Crippen molar-refractivity contribution in [3.8, 4) is 6.07 Å². The van der Waals surface area contributed by atoms with E-state index in [0.717, 1.165) is 24.7 Å². The highest BCUT2D eigenvalue weighted by atomic mass is 15.1. The van der Waals surface area contributed by atoms with Crippen molar-refractivity contribution in [2.45, 2.75) is 12.8 Å². The fraction of sp³-hybridized carbons (Fsp3) is 0.889. The molecule has 0 N–H and O–H groups in total. The first-order chi connectivity index (χ1) is 5.29. The molecule has 0 bridgehead atoms. The smallest absolute Gasteiger partial charge is 0.0656 e. The average molecular weight is 150 g/mol. The molecule has 2 unspecified atom stereocenters. The molecular formula is C9H14N2. The maximum Gasteiger partial charge on any atom is 0.0656 e. The molecule has 1 saturated heterocycles. The highest BCUT2D eigenvalue weighted by Crippen LogP contribution is 2.40. The summed E-state index contributed by atoms with van der Waals surface area (Å²) >= 11 is 0. The minimum Gasteiger partial charge on any atom is -0.306 e. The Bertz CT molecular complexity index is 180. The minimum absolute atomic E-state index is 0.374. The van der Waals surface area contributed by atoms with Gasteiger partial charge in [0.05, 0.1) is 6.07 Å². The molecule has 1 heterocycles. The Morgan fingerprint density at radius 2 is 1.82 bits per heavy atom. The van der Waals surface area contributed by atoms with E-state index in [1.165, 1.54) is 13.1 Å².